The van der Waals surface area contributed by atoms with Crippen LogP contribution < -0.4 is 0 Å². The highest BCUT2D eigenvalue weighted by molar-refractivity contribution is 6.64. The van der Waals surface area contributed by atoms with Crippen molar-refractivity contribution in [1.82, 2.24) is 0 Å². The van der Waals surface area contributed by atoms with Crippen LogP contribution in [0.3, 0.4) is 0 Å². The molecule has 0 aliphatic heterocycles. The minimum absolute atomic E-state index is 0.166. The molecule has 0 amide bonds. The molecule has 0 fully saturated rings. The molecule has 0 aliphatic rings. The fourth-order valence-corrected chi connectivity index (χ4v) is 11.7. The van der Waals surface area contributed by atoms with Crippen LogP contribution in [0.25, 0.3) is 0 Å². The maximum Gasteiger partial charge on any atom is 0.507 e. The van der Waals surface area contributed by atoms with Gasteiger partial charge in [-0.05, 0) is 54.8 Å². The second-order valence-electron chi connectivity index (χ2n) is 10.7. The van der Waals surface area contributed by atoms with E-state index in [2.05, 4.69) is 55.4 Å². The summed E-state index contributed by atoms with van der Waals surface area (Å²) >= 11 is 0. The Morgan fingerprint density at radius 2 is 0.909 bits per heavy atom. The molecular formula is C25H56O6Si2. The monoisotopic (exact) mass is 508 g/mol. The zero-order chi connectivity index (χ0) is 26.1. The predicted octanol–water partition coefficient (Wildman–Crippen LogP) is 6.65. The van der Waals surface area contributed by atoms with Crippen LogP contribution in [0.15, 0.2) is 0 Å². The zero-order valence-corrected chi connectivity index (χ0v) is 26.3. The van der Waals surface area contributed by atoms with Gasteiger partial charge in [0.05, 0.1) is 0 Å². The first-order valence-electron chi connectivity index (χ1n) is 12.6. The van der Waals surface area contributed by atoms with Crippen LogP contribution in [-0.4, -0.2) is 60.3 Å². The molecule has 0 bridgehead atoms. The zero-order valence-electron chi connectivity index (χ0n) is 24.3. The molecule has 6 nitrogen and oxygen atoms in total. The maximum atomic E-state index is 6.13. The molecule has 0 aromatic rings. The van der Waals surface area contributed by atoms with Gasteiger partial charge in [-0.25, -0.2) is 0 Å². The van der Waals surface area contributed by atoms with Gasteiger partial charge in [-0.15, -0.1) is 0 Å². The fraction of sp³-hybridized carbons (Fsp3) is 1.00. The molecule has 0 aliphatic carbocycles. The molecule has 0 spiro atoms. The predicted molar refractivity (Wildman–Crippen MR) is 141 cm³/mol. The molecular weight excluding hydrogens is 452 g/mol. The molecule has 0 saturated heterocycles. The largest absolute Gasteiger partial charge is 0.507 e. The van der Waals surface area contributed by atoms with Crippen molar-refractivity contribution in [2.45, 2.75) is 92.2 Å². The molecule has 0 N–H and O–H groups in total. The summed E-state index contributed by atoms with van der Waals surface area (Å²) < 4.78 is 35.5. The van der Waals surface area contributed by atoms with Crippen molar-refractivity contribution in [3.05, 3.63) is 0 Å². The Morgan fingerprint density at radius 3 is 1.18 bits per heavy atom. The van der Waals surface area contributed by atoms with E-state index >= 15 is 0 Å². The molecule has 0 radical (unpaired) electrons. The van der Waals surface area contributed by atoms with E-state index in [-0.39, 0.29) is 10.5 Å². The third kappa shape index (κ3) is 6.70. The average molecular weight is 509 g/mol. The van der Waals surface area contributed by atoms with Crippen molar-refractivity contribution < 1.29 is 26.6 Å². The number of rotatable bonds is 18. The second kappa shape index (κ2) is 14.1. The Kier molecular flexibility index (Phi) is 14.1. The van der Waals surface area contributed by atoms with Crippen LogP contribution in [0.1, 0.15) is 81.1 Å². The van der Waals surface area contributed by atoms with Gasteiger partial charge in [0.2, 0.25) is 0 Å². The summed E-state index contributed by atoms with van der Waals surface area (Å²) in [5.74, 6) is 1.77. The molecule has 0 aromatic heterocycles. The number of hydrogen-bond donors (Lipinski definition) is 0. The van der Waals surface area contributed by atoms with Crippen molar-refractivity contribution in [3.8, 4) is 0 Å². The lowest BCUT2D eigenvalue weighted by Crippen LogP contribution is -2.59. The van der Waals surface area contributed by atoms with Crippen molar-refractivity contribution in [2.24, 2.45) is 29.1 Å². The van der Waals surface area contributed by atoms with Gasteiger partial charge >= 0.3 is 17.6 Å². The van der Waals surface area contributed by atoms with Gasteiger partial charge in [-0.2, -0.15) is 0 Å². The molecule has 0 unspecified atom stereocenters. The molecule has 0 aromatic carbocycles. The van der Waals surface area contributed by atoms with Crippen LogP contribution in [-0.2, 0) is 26.6 Å². The normalized spacial score (nSPS) is 14.4. The standard InChI is InChI=1S/C25H56O6Si2/c1-20(2)24(21(3)4,16-15-19-32(26-9,27-10)28-11)17-18-25(22(5)6,23(7)8)33(29-12,30-13)31-14/h20-23H,15-19H2,1-14H3. The lowest BCUT2D eigenvalue weighted by atomic mass is 9.62. The molecule has 0 saturated carbocycles. The minimum Gasteiger partial charge on any atom is -0.377 e. The van der Waals surface area contributed by atoms with Gasteiger partial charge in [-0.1, -0.05) is 55.4 Å². The fourth-order valence-electron chi connectivity index (χ4n) is 6.50. The van der Waals surface area contributed by atoms with Gasteiger partial charge in [0.25, 0.3) is 0 Å². The molecule has 0 heterocycles. The van der Waals surface area contributed by atoms with Crippen molar-refractivity contribution in [1.29, 1.82) is 0 Å². The van der Waals surface area contributed by atoms with Crippen LogP contribution >= 0.6 is 0 Å². The Labute approximate surface area is 208 Å². The Balaban J connectivity index is 6.20. The molecule has 8 heteroatoms. The summed E-state index contributed by atoms with van der Waals surface area (Å²) in [4.78, 5) is 0. The lowest BCUT2D eigenvalue weighted by Gasteiger charge is -2.52. The van der Waals surface area contributed by atoms with E-state index in [0.717, 1.165) is 31.7 Å². The van der Waals surface area contributed by atoms with Crippen LogP contribution in [0.2, 0.25) is 11.1 Å². The molecule has 0 atom stereocenters. The second-order valence-corrected chi connectivity index (χ2v) is 17.1. The highest BCUT2D eigenvalue weighted by atomic mass is 28.4. The lowest BCUT2D eigenvalue weighted by molar-refractivity contribution is 0.0265. The molecule has 33 heavy (non-hydrogen) atoms. The van der Waals surface area contributed by atoms with Crippen molar-refractivity contribution >= 4 is 17.6 Å². The summed E-state index contributed by atoms with van der Waals surface area (Å²) in [6, 6.07) is 0.824. The minimum atomic E-state index is -2.92. The third-order valence-corrected chi connectivity index (χ3v) is 15.8. The first kappa shape index (κ1) is 33.2. The Morgan fingerprint density at radius 1 is 0.515 bits per heavy atom. The number of hydrogen-bond acceptors (Lipinski definition) is 6. The van der Waals surface area contributed by atoms with Gasteiger partial charge in [-0.3, -0.25) is 0 Å². The van der Waals surface area contributed by atoms with Crippen LogP contribution in [0.5, 0.6) is 0 Å². The Hall–Kier alpha value is 0.194. The van der Waals surface area contributed by atoms with Crippen LogP contribution in [0, 0.1) is 29.1 Å². The summed E-state index contributed by atoms with van der Waals surface area (Å²) in [7, 11) is 4.83. The van der Waals surface area contributed by atoms with Crippen molar-refractivity contribution in [2.75, 3.05) is 42.7 Å². The Bertz CT molecular complexity index is 498. The quantitative estimate of drug-likeness (QED) is 0.193. The SMILES string of the molecule is CO[Si](CCCC(CCC(C(C)C)(C(C)C)[Si](OC)(OC)OC)(C(C)C)C(C)C)(OC)OC. The average Bonchev–Trinajstić information content (AvgIpc) is 2.77. The van der Waals surface area contributed by atoms with Crippen LogP contribution in [0.4, 0.5) is 0 Å². The summed E-state index contributed by atoms with van der Waals surface area (Å²) in [6.45, 7) is 18.6. The summed E-state index contributed by atoms with van der Waals surface area (Å²) in [5.41, 5.74) is 0.166. The van der Waals surface area contributed by atoms with E-state index in [9.17, 15) is 0 Å². The van der Waals surface area contributed by atoms with Gasteiger partial charge in [0.1, 0.15) is 0 Å². The first-order chi connectivity index (χ1) is 15.3. The molecule has 200 valence electrons. The molecule has 0 rings (SSSR count). The van der Waals surface area contributed by atoms with E-state index in [1.54, 1.807) is 42.7 Å². The topological polar surface area (TPSA) is 55.4 Å². The smallest absolute Gasteiger partial charge is 0.377 e. The first-order valence-corrected chi connectivity index (χ1v) is 16.3. The maximum absolute atomic E-state index is 6.13. The van der Waals surface area contributed by atoms with Gasteiger partial charge in [0.15, 0.2) is 0 Å². The third-order valence-electron chi connectivity index (χ3n) is 8.80. The van der Waals surface area contributed by atoms with Gasteiger partial charge < -0.3 is 26.6 Å². The summed E-state index contributed by atoms with van der Waals surface area (Å²) in [6.07, 6.45) is 4.20. The van der Waals surface area contributed by atoms with E-state index in [1.807, 2.05) is 0 Å². The van der Waals surface area contributed by atoms with E-state index < -0.39 is 17.6 Å². The highest BCUT2D eigenvalue weighted by Gasteiger charge is 2.63. The van der Waals surface area contributed by atoms with E-state index in [0.29, 0.717) is 23.7 Å². The summed E-state index contributed by atoms with van der Waals surface area (Å²) in [5, 5.41) is -0.176. The highest BCUT2D eigenvalue weighted by Crippen LogP contribution is 2.59. The van der Waals surface area contributed by atoms with E-state index in [4.69, 9.17) is 26.6 Å². The van der Waals surface area contributed by atoms with Gasteiger partial charge in [0, 0.05) is 53.7 Å². The van der Waals surface area contributed by atoms with Crippen molar-refractivity contribution in [3.63, 3.8) is 0 Å². The van der Waals surface area contributed by atoms with E-state index in [1.165, 1.54) is 0 Å².